The van der Waals surface area contributed by atoms with Gasteiger partial charge in [0.1, 0.15) is 35.8 Å². The lowest BCUT2D eigenvalue weighted by Crippen LogP contribution is -2.37. The number of likely N-dealkylation sites (N-methyl/N-ethyl adjacent to an activating group) is 2. The Morgan fingerprint density at radius 1 is 0.699 bits per heavy atom. The molecule has 5 aliphatic rings. The Bertz CT molecular complexity index is 2560. The number of nitrogens with one attached hydrogen (secondary N) is 2. The molecule has 3 heterocycles. The van der Waals surface area contributed by atoms with E-state index in [1.54, 1.807) is 31.0 Å². The van der Waals surface area contributed by atoms with Crippen LogP contribution in [0.4, 0.5) is 52.2 Å². The van der Waals surface area contributed by atoms with E-state index in [1.165, 1.54) is 30.0 Å². The first kappa shape index (κ1) is 54.8. The van der Waals surface area contributed by atoms with Crippen molar-refractivity contribution in [2.75, 3.05) is 77.8 Å². The average molecular weight is 1060 g/mol. The summed E-state index contributed by atoms with van der Waals surface area (Å²) < 4.78 is 77.9. The van der Waals surface area contributed by atoms with E-state index in [1.807, 2.05) is 37.7 Å². The minimum absolute atomic E-state index is 0.000841. The Kier molecular flexibility index (Phi) is 17.4. The van der Waals surface area contributed by atoms with Crippen LogP contribution in [0.25, 0.3) is 0 Å². The van der Waals surface area contributed by atoms with E-state index in [2.05, 4.69) is 34.4 Å². The monoisotopic (exact) mass is 1060 g/mol. The highest BCUT2D eigenvalue weighted by Gasteiger charge is 2.55. The van der Waals surface area contributed by atoms with E-state index in [-0.39, 0.29) is 67.2 Å². The summed E-state index contributed by atoms with van der Waals surface area (Å²) in [6.45, 7) is 7.84. The average Bonchev–Trinajstić information content (AvgIpc) is 4.28. The number of hydrogen-bond acceptors (Lipinski definition) is 19. The van der Waals surface area contributed by atoms with Crippen molar-refractivity contribution < 1.29 is 51.8 Å². The first-order valence-corrected chi connectivity index (χ1v) is 26.8. The number of nitrogen functional groups attached to an aromatic ring is 2. The number of halogens is 4. The fraction of sp³-hybridized carbons (Fsp3) is 0.600. The quantitative estimate of drug-likeness (QED) is 0.0278. The summed E-state index contributed by atoms with van der Waals surface area (Å²) in [5, 5.41) is 37.7. The lowest BCUT2D eigenvalue weighted by molar-refractivity contribution is -0.164. The molecule has 23 heteroatoms. The number of aliphatic hydroxyl groups is 3. The molecule has 1 aliphatic heterocycles. The lowest BCUT2D eigenvalue weighted by atomic mass is 10.1. The Morgan fingerprint density at radius 2 is 1.18 bits per heavy atom. The molecule has 0 bridgehead atoms. The van der Waals surface area contributed by atoms with Crippen LogP contribution in [-0.2, 0) is 18.9 Å². The van der Waals surface area contributed by atoms with Gasteiger partial charge in [0.15, 0.2) is 62.6 Å². The van der Waals surface area contributed by atoms with Crippen LogP contribution in [0.1, 0.15) is 89.2 Å². The van der Waals surface area contributed by atoms with Crippen LogP contribution in [0.2, 0.25) is 0 Å². The molecular formula is C50H68F4N10O7S2. The molecule has 5 fully saturated rings. The molecule has 9 N–H and O–H groups in total. The largest absolute Gasteiger partial charge is 0.394 e. The van der Waals surface area contributed by atoms with Gasteiger partial charge < -0.3 is 66.2 Å². The van der Waals surface area contributed by atoms with Gasteiger partial charge in [0.05, 0.1) is 37.5 Å². The summed E-state index contributed by atoms with van der Waals surface area (Å²) in [6, 6.07) is 7.46. The molecule has 4 aliphatic carbocycles. The number of fused-ring (bicyclic) bond motifs is 1. The summed E-state index contributed by atoms with van der Waals surface area (Å²) >= 11 is 3.05. The van der Waals surface area contributed by atoms with Crippen molar-refractivity contribution in [3.63, 3.8) is 0 Å². The molecule has 0 amide bonds. The summed E-state index contributed by atoms with van der Waals surface area (Å²) in [5.74, 6) is -0.340. The summed E-state index contributed by atoms with van der Waals surface area (Å²) in [6.07, 6.45) is 1.08. The van der Waals surface area contributed by atoms with Crippen LogP contribution in [0.15, 0.2) is 46.7 Å². The van der Waals surface area contributed by atoms with Gasteiger partial charge in [0.2, 0.25) is 0 Å². The van der Waals surface area contributed by atoms with E-state index in [0.29, 0.717) is 57.7 Å². The summed E-state index contributed by atoms with van der Waals surface area (Å²) in [4.78, 5) is 22.7. The Morgan fingerprint density at radius 3 is 1.64 bits per heavy atom. The molecule has 4 aromatic rings. The molecule has 400 valence electrons. The maximum absolute atomic E-state index is 13.8. The number of rotatable bonds is 20. The van der Waals surface area contributed by atoms with Gasteiger partial charge in [-0.2, -0.15) is 0 Å². The van der Waals surface area contributed by atoms with Crippen molar-refractivity contribution in [2.24, 2.45) is 0 Å². The number of nitrogens with zero attached hydrogens (tertiary/aromatic N) is 6. The standard InChI is InChI=1S/C26H35F2N5O3S.C24H33F2N5O4S/c1-6-9-37-25-31-23(30-17-12-19(34-5)22-21(17)35-26(2,3)36-22)20(29)24(32-25)33(4)18-11-14(18)13-7-8-15(27)16(28)10-13;1-3-8-36-24-29-22(28-16-11-18(35-7-6-32)21(34)20(16)33)19(27)23(30-24)31(2)17-10-13(17)12-4-5-14(25)15(26)9-12/h7-8,10,14,17-19,21-22H,6,9,11-12,29H2,1-5H3,(H,30,31,32);4-5,9,13,16-18,20-21,32-34H,3,6-8,10-11,27H2,1-2H3,(H,28,29,30)/t14-,17+,18+,19-,21-,22+;13-,16+,17+,18-,20-,21+/m00/s1. The number of aliphatic hydroxyl groups excluding tert-OH is 3. The van der Waals surface area contributed by atoms with Gasteiger partial charge in [-0.3, -0.25) is 0 Å². The molecule has 0 spiro atoms. The van der Waals surface area contributed by atoms with Crippen molar-refractivity contribution in [3.05, 3.63) is 70.8 Å². The zero-order chi connectivity index (χ0) is 52.5. The number of methoxy groups -OCH3 is 1. The van der Waals surface area contributed by atoms with Gasteiger partial charge in [-0.25, -0.2) is 37.5 Å². The molecule has 12 atom stereocenters. The van der Waals surface area contributed by atoms with E-state index in [4.69, 9.17) is 45.5 Å². The topological polar surface area (TPSA) is 232 Å². The molecule has 1 saturated heterocycles. The third-order valence-electron chi connectivity index (χ3n) is 14.0. The zero-order valence-corrected chi connectivity index (χ0v) is 43.7. The van der Waals surface area contributed by atoms with Gasteiger partial charge in [-0.05, 0) is 87.8 Å². The molecule has 2 aromatic carbocycles. The van der Waals surface area contributed by atoms with Crippen LogP contribution in [0, 0.1) is 23.3 Å². The minimum atomic E-state index is -1.11. The van der Waals surface area contributed by atoms with Gasteiger partial charge in [0, 0.05) is 56.6 Å². The molecular weight excluding hydrogens is 993 g/mol. The van der Waals surface area contributed by atoms with Crippen LogP contribution in [0.5, 0.6) is 0 Å². The second kappa shape index (κ2) is 23.2. The third-order valence-corrected chi connectivity index (χ3v) is 16.1. The van der Waals surface area contributed by atoms with Gasteiger partial charge >= 0.3 is 0 Å². The molecule has 0 radical (unpaired) electrons. The van der Waals surface area contributed by atoms with Crippen LogP contribution in [0.3, 0.4) is 0 Å². The molecule has 73 heavy (non-hydrogen) atoms. The maximum atomic E-state index is 13.8. The first-order valence-electron chi connectivity index (χ1n) is 24.8. The van der Waals surface area contributed by atoms with Crippen LogP contribution >= 0.6 is 23.5 Å². The van der Waals surface area contributed by atoms with E-state index < -0.39 is 53.4 Å². The highest BCUT2D eigenvalue weighted by atomic mass is 32.2. The fourth-order valence-electron chi connectivity index (χ4n) is 10.0. The highest BCUT2D eigenvalue weighted by Crippen LogP contribution is 2.49. The minimum Gasteiger partial charge on any atom is -0.394 e. The van der Waals surface area contributed by atoms with Crippen LogP contribution < -0.4 is 31.9 Å². The van der Waals surface area contributed by atoms with Crippen LogP contribution in [-0.4, -0.2) is 148 Å². The SMILES string of the molecule is CCCSc1nc(N[C@@H]2C[C@H](OC)[C@H]3OC(C)(C)O[C@H]32)c(N)c(N(C)[C@@H]2C[C@H]2c2ccc(F)c(F)c2)n1.CCCSc1nc(N[C@@H]2C[C@H](OCCO)[C@@H](O)[C@H]2O)c(N)c(N(C)[C@@H]2C[C@H]2c2ccc(F)c(F)c2)n1. The molecule has 4 saturated carbocycles. The summed E-state index contributed by atoms with van der Waals surface area (Å²) in [7, 11) is 5.47. The lowest BCUT2D eigenvalue weighted by Gasteiger charge is -2.26. The number of hydrogen-bond donors (Lipinski definition) is 7. The molecule has 17 nitrogen and oxygen atoms in total. The maximum Gasteiger partial charge on any atom is 0.191 e. The molecule has 2 aromatic heterocycles. The van der Waals surface area contributed by atoms with Crippen molar-refractivity contribution in [3.8, 4) is 0 Å². The van der Waals surface area contributed by atoms with E-state index >= 15 is 0 Å². The zero-order valence-electron chi connectivity index (χ0n) is 42.1. The van der Waals surface area contributed by atoms with Gasteiger partial charge in [0.25, 0.3) is 0 Å². The summed E-state index contributed by atoms with van der Waals surface area (Å²) in [5.41, 5.74) is 15.4. The van der Waals surface area contributed by atoms with E-state index in [0.717, 1.165) is 48.8 Å². The predicted molar refractivity (Wildman–Crippen MR) is 274 cm³/mol. The van der Waals surface area contributed by atoms with Gasteiger partial charge in [-0.15, -0.1) is 0 Å². The van der Waals surface area contributed by atoms with Gasteiger partial charge in [-0.1, -0.05) is 49.5 Å². The number of aromatic nitrogens is 4. The molecule has 0 unspecified atom stereocenters. The Hall–Kier alpha value is -4.46. The van der Waals surface area contributed by atoms with Crippen molar-refractivity contribution in [2.45, 2.75) is 155 Å². The van der Waals surface area contributed by atoms with E-state index in [9.17, 15) is 27.8 Å². The number of benzene rings is 2. The Labute approximate surface area is 431 Å². The van der Waals surface area contributed by atoms with Crippen molar-refractivity contribution >= 4 is 58.2 Å². The number of ether oxygens (including phenoxy) is 4. The Balaban J connectivity index is 0.000000195. The highest BCUT2D eigenvalue weighted by molar-refractivity contribution is 7.99. The normalized spacial score (nSPS) is 28.6. The second-order valence-corrected chi connectivity index (χ2v) is 21.8. The number of thioether (sulfide) groups is 2. The molecule has 9 rings (SSSR count). The number of anilines is 6. The van der Waals surface area contributed by atoms with Crippen molar-refractivity contribution in [1.82, 2.24) is 19.9 Å². The smallest absolute Gasteiger partial charge is 0.191 e. The predicted octanol–water partition coefficient (Wildman–Crippen LogP) is 6.67. The fourth-order valence-corrected chi connectivity index (χ4v) is 11.4. The number of nitrogens with two attached hydrogens (primary N) is 2. The first-order chi connectivity index (χ1) is 34.9. The van der Waals surface area contributed by atoms with Crippen molar-refractivity contribution in [1.29, 1.82) is 0 Å². The third kappa shape index (κ3) is 12.3. The second-order valence-electron chi connectivity index (χ2n) is 19.7.